The Morgan fingerprint density at radius 2 is 1.67 bits per heavy atom. The Kier molecular flexibility index (Phi) is 5.01. The van der Waals surface area contributed by atoms with Crippen LogP contribution in [-0.2, 0) is 0 Å². The van der Waals surface area contributed by atoms with E-state index in [0.29, 0.717) is 0 Å². The maximum Gasteiger partial charge on any atom is 0.673 e. The van der Waals surface area contributed by atoms with E-state index < -0.39 is 13.1 Å². The summed E-state index contributed by atoms with van der Waals surface area (Å²) in [6.45, 7) is 0. The number of benzene rings is 1. The number of rotatable bonds is 0. The maximum absolute atomic E-state index is 12.5. The van der Waals surface area contributed by atoms with Gasteiger partial charge in [0.2, 0.25) is 11.2 Å². The Morgan fingerprint density at radius 3 is 2.00 bits per heavy atom. The van der Waals surface area contributed by atoms with E-state index >= 15 is 0 Å². The first-order valence-electron chi connectivity index (χ1n) is 3.41. The van der Waals surface area contributed by atoms with Crippen molar-refractivity contribution in [3.63, 3.8) is 0 Å². The molecule has 1 aromatic carbocycles. The largest absolute Gasteiger partial charge is 0.673 e. The molecule has 1 rings (SSSR count). The predicted molar refractivity (Wildman–Crippen MR) is 46.3 cm³/mol. The first kappa shape index (κ1) is 13.6. The summed E-state index contributed by atoms with van der Waals surface area (Å²) in [5.74, 6) is -0.630. The van der Waals surface area contributed by atoms with Crippen LogP contribution >= 0.6 is 11.6 Å². The zero-order chi connectivity index (χ0) is 12.1. The normalized spacial score (nSPS) is 9.93. The van der Waals surface area contributed by atoms with Crippen molar-refractivity contribution in [3.05, 3.63) is 34.0 Å². The first-order valence-corrected chi connectivity index (χ1v) is 3.79. The summed E-state index contributed by atoms with van der Waals surface area (Å²) >= 11 is 5.41. The third kappa shape index (κ3) is 7.70. The van der Waals surface area contributed by atoms with Gasteiger partial charge in [-0.05, 0) is 6.07 Å². The van der Waals surface area contributed by atoms with Crippen molar-refractivity contribution in [1.82, 2.24) is 0 Å². The lowest BCUT2D eigenvalue weighted by molar-refractivity contribution is 0.368. The molecule has 9 heteroatoms. The van der Waals surface area contributed by atoms with Crippen molar-refractivity contribution in [2.45, 2.75) is 0 Å². The Balaban J connectivity index is 0.000000336. The fourth-order valence-corrected chi connectivity index (χ4v) is 0.721. The minimum Gasteiger partial charge on any atom is -0.418 e. The molecule has 0 saturated heterocycles. The molecule has 0 spiro atoms. The van der Waals surface area contributed by atoms with Crippen LogP contribution in [0.1, 0.15) is 0 Å². The molecule has 0 heterocycles. The summed E-state index contributed by atoms with van der Waals surface area (Å²) in [4.78, 5) is 2.68. The lowest BCUT2D eigenvalue weighted by Crippen LogP contribution is -2.02. The summed E-state index contributed by atoms with van der Waals surface area (Å²) in [7, 11) is -6.00. The van der Waals surface area contributed by atoms with E-state index in [1.807, 2.05) is 0 Å². The highest BCUT2D eigenvalue weighted by Gasteiger charge is 2.20. The van der Waals surface area contributed by atoms with Crippen LogP contribution in [-0.4, -0.2) is 7.25 Å². The monoisotopic (exact) mass is 244 g/mol. The van der Waals surface area contributed by atoms with Gasteiger partial charge in [0.15, 0.2) is 4.98 Å². The van der Waals surface area contributed by atoms with Gasteiger partial charge >= 0.3 is 12.9 Å². The molecule has 0 radical (unpaired) electrons. The lowest BCUT2D eigenvalue weighted by atomic mass is 10.3. The quantitative estimate of drug-likeness (QED) is 0.380. The third-order valence-electron chi connectivity index (χ3n) is 1.02. The molecule has 15 heavy (non-hydrogen) atoms. The second-order valence-corrected chi connectivity index (χ2v) is 2.63. The van der Waals surface area contributed by atoms with E-state index in [9.17, 15) is 21.7 Å². The van der Waals surface area contributed by atoms with E-state index in [0.717, 1.165) is 6.07 Å². The fraction of sp³-hybridized carbons (Fsp3) is 0. The smallest absolute Gasteiger partial charge is 0.418 e. The van der Waals surface area contributed by atoms with Crippen LogP contribution in [0.3, 0.4) is 0 Å². The molecule has 0 amide bonds. The van der Waals surface area contributed by atoms with Gasteiger partial charge < -0.3 is 17.3 Å². The van der Waals surface area contributed by atoms with Gasteiger partial charge in [-0.2, -0.15) is 4.39 Å². The van der Waals surface area contributed by atoms with Crippen molar-refractivity contribution in [2.75, 3.05) is 0 Å². The molecule has 0 aromatic heterocycles. The van der Waals surface area contributed by atoms with Crippen molar-refractivity contribution in [3.8, 4) is 0 Å². The molecule has 0 aliphatic carbocycles. The van der Waals surface area contributed by atoms with Crippen LogP contribution in [0, 0.1) is 11.2 Å². The van der Waals surface area contributed by atoms with Crippen LogP contribution in [0.2, 0.25) is 5.02 Å². The van der Waals surface area contributed by atoms with Crippen LogP contribution in [0.15, 0.2) is 18.2 Å². The summed E-state index contributed by atoms with van der Waals surface area (Å²) in [5, 5.41) is 8.43. The summed E-state index contributed by atoms with van der Waals surface area (Å²) in [6, 6.07) is 3.81. The highest BCUT2D eigenvalue weighted by atomic mass is 35.5. The highest BCUT2D eigenvalue weighted by molar-refractivity contribution is 6.50. The molecule has 0 fully saturated rings. The fourth-order valence-electron chi connectivity index (χ4n) is 0.562. The van der Waals surface area contributed by atoms with Gasteiger partial charge in [-0.3, -0.25) is 0 Å². The van der Waals surface area contributed by atoms with Gasteiger partial charge in [-0.1, -0.05) is 11.6 Å². The molecule has 0 aliphatic rings. The van der Waals surface area contributed by atoms with E-state index in [1.54, 1.807) is 0 Å². The number of hydrogen-bond donors (Lipinski definition) is 0. The lowest BCUT2D eigenvalue weighted by Gasteiger charge is -1.94. The number of halogens is 6. The standard InChI is InChI=1S/C6H3ClFN2.BF4/c7-4-1-2-6(10-9)5(8)3-4;2-1(3,4)5/h1-3H;/q+1;-1. The van der Waals surface area contributed by atoms with E-state index in [-0.39, 0.29) is 10.7 Å². The molecule has 0 N–H and O–H groups in total. The molecular formula is C6H3BClF5N2. The SMILES string of the molecule is F[B-](F)(F)F.N#[N+]c1ccc(Cl)cc1F. The molecule has 0 unspecified atom stereocenters. The van der Waals surface area contributed by atoms with Crippen molar-refractivity contribution in [2.24, 2.45) is 0 Å². The second-order valence-electron chi connectivity index (χ2n) is 2.19. The van der Waals surface area contributed by atoms with Gasteiger partial charge in [-0.25, -0.2) is 0 Å². The summed E-state index contributed by atoms with van der Waals surface area (Å²) in [6.07, 6.45) is 0. The molecule has 0 saturated carbocycles. The molecule has 1 aromatic rings. The molecule has 2 nitrogen and oxygen atoms in total. The topological polar surface area (TPSA) is 28.1 Å². The Labute approximate surface area is 86.4 Å². The Hall–Kier alpha value is -1.36. The number of hydrogen-bond acceptors (Lipinski definition) is 1. The van der Waals surface area contributed by atoms with E-state index in [2.05, 4.69) is 4.98 Å². The zero-order valence-corrected chi connectivity index (χ0v) is 7.73. The van der Waals surface area contributed by atoms with Crippen LogP contribution < -0.4 is 0 Å². The van der Waals surface area contributed by atoms with Crippen LogP contribution in [0.5, 0.6) is 0 Å². The molecule has 82 valence electrons. The number of diazo groups is 1. The van der Waals surface area contributed by atoms with Gasteiger partial charge in [0, 0.05) is 17.2 Å². The zero-order valence-electron chi connectivity index (χ0n) is 6.97. The van der Waals surface area contributed by atoms with Crippen LogP contribution in [0.25, 0.3) is 4.98 Å². The second kappa shape index (κ2) is 5.51. The van der Waals surface area contributed by atoms with Crippen LogP contribution in [0.4, 0.5) is 27.3 Å². The van der Waals surface area contributed by atoms with E-state index in [1.165, 1.54) is 12.1 Å². The molecule has 0 atom stereocenters. The maximum atomic E-state index is 12.5. The van der Waals surface area contributed by atoms with Gasteiger partial charge in [0.1, 0.15) is 0 Å². The van der Waals surface area contributed by atoms with Crippen molar-refractivity contribution in [1.29, 1.82) is 5.39 Å². The summed E-state index contributed by atoms with van der Waals surface area (Å²) in [5.41, 5.74) is -0.107. The first-order chi connectivity index (χ1) is 6.74. The van der Waals surface area contributed by atoms with E-state index in [4.69, 9.17) is 17.0 Å². The minimum atomic E-state index is -6.00. The molecule has 0 bridgehead atoms. The van der Waals surface area contributed by atoms with Crippen molar-refractivity contribution >= 4 is 24.5 Å². The molecular weight excluding hydrogens is 241 g/mol. The Morgan fingerprint density at radius 1 is 1.20 bits per heavy atom. The Bertz CT molecular complexity index is 369. The summed E-state index contributed by atoms with van der Waals surface area (Å²) < 4.78 is 51.5. The number of nitrogens with zero attached hydrogens (tertiary/aromatic N) is 2. The van der Waals surface area contributed by atoms with Gasteiger partial charge in [0.25, 0.3) is 0 Å². The highest BCUT2D eigenvalue weighted by Crippen LogP contribution is 2.20. The minimum absolute atomic E-state index is 0.107. The predicted octanol–water partition coefficient (Wildman–Crippen LogP) is 4.26. The van der Waals surface area contributed by atoms with Crippen molar-refractivity contribution < 1.29 is 21.7 Å². The third-order valence-corrected chi connectivity index (χ3v) is 1.25. The molecule has 0 aliphatic heterocycles. The van der Waals surface area contributed by atoms with Gasteiger partial charge in [-0.15, -0.1) is 0 Å². The average molecular weight is 244 g/mol. The average Bonchev–Trinajstić information content (AvgIpc) is 2.01. The van der Waals surface area contributed by atoms with Gasteiger partial charge in [0.05, 0.1) is 0 Å².